The van der Waals surface area contributed by atoms with Crippen LogP contribution in [0.3, 0.4) is 0 Å². The smallest absolute Gasteiger partial charge is 0.268 e. The Kier molecular flexibility index (Phi) is 4.19. The molecular formula is C20H18N2O5. The number of amides is 2. The number of hydrogen-bond acceptors (Lipinski definition) is 5. The number of carbonyl (C=O) groups is 2. The van der Waals surface area contributed by atoms with Crippen molar-refractivity contribution in [2.75, 3.05) is 23.6 Å². The Morgan fingerprint density at radius 3 is 2.81 bits per heavy atom. The highest BCUT2D eigenvalue weighted by atomic mass is 16.7. The Morgan fingerprint density at radius 2 is 2.00 bits per heavy atom. The summed E-state index contributed by atoms with van der Waals surface area (Å²) in [7, 11) is 0. The minimum absolute atomic E-state index is 0.150. The van der Waals surface area contributed by atoms with Gasteiger partial charge in [0.2, 0.25) is 6.79 Å². The third kappa shape index (κ3) is 3.08. The molecule has 0 aliphatic carbocycles. The van der Waals surface area contributed by atoms with Crippen molar-refractivity contribution >= 4 is 23.2 Å². The highest BCUT2D eigenvalue weighted by molar-refractivity contribution is 6.06. The van der Waals surface area contributed by atoms with E-state index >= 15 is 0 Å². The van der Waals surface area contributed by atoms with Crippen molar-refractivity contribution in [1.29, 1.82) is 0 Å². The largest absolute Gasteiger partial charge is 0.479 e. The van der Waals surface area contributed by atoms with E-state index in [0.29, 0.717) is 40.7 Å². The zero-order chi connectivity index (χ0) is 19.0. The maximum absolute atomic E-state index is 12.6. The molecule has 2 heterocycles. The molecule has 0 saturated carbocycles. The molecule has 0 radical (unpaired) electrons. The molecule has 7 heteroatoms. The van der Waals surface area contributed by atoms with Gasteiger partial charge in [0.05, 0.1) is 5.69 Å². The zero-order valence-corrected chi connectivity index (χ0v) is 14.7. The summed E-state index contributed by atoms with van der Waals surface area (Å²) in [4.78, 5) is 26.5. The Labute approximate surface area is 156 Å². The molecule has 0 fully saturated rings. The van der Waals surface area contributed by atoms with E-state index in [-0.39, 0.29) is 18.6 Å². The Morgan fingerprint density at radius 1 is 1.22 bits per heavy atom. The lowest BCUT2D eigenvalue weighted by Gasteiger charge is -2.32. The van der Waals surface area contributed by atoms with E-state index in [4.69, 9.17) is 14.2 Å². The number of rotatable bonds is 4. The van der Waals surface area contributed by atoms with E-state index in [2.05, 4.69) is 11.9 Å². The van der Waals surface area contributed by atoms with Gasteiger partial charge in [-0.05, 0) is 43.3 Å². The molecule has 2 aliphatic heterocycles. The molecular weight excluding hydrogens is 348 g/mol. The van der Waals surface area contributed by atoms with Crippen LogP contribution in [0.2, 0.25) is 0 Å². The minimum atomic E-state index is -0.563. The average molecular weight is 366 g/mol. The van der Waals surface area contributed by atoms with Gasteiger partial charge in [0.1, 0.15) is 5.75 Å². The summed E-state index contributed by atoms with van der Waals surface area (Å²) >= 11 is 0. The predicted molar refractivity (Wildman–Crippen MR) is 99.6 cm³/mol. The maximum Gasteiger partial charge on any atom is 0.268 e. The van der Waals surface area contributed by atoms with Crippen LogP contribution in [0.15, 0.2) is 49.1 Å². The van der Waals surface area contributed by atoms with E-state index in [9.17, 15) is 9.59 Å². The van der Waals surface area contributed by atoms with Crippen LogP contribution in [0.1, 0.15) is 17.3 Å². The fourth-order valence-electron chi connectivity index (χ4n) is 3.04. The summed E-state index contributed by atoms with van der Waals surface area (Å²) in [6.45, 7) is 5.91. The number of fused-ring (bicyclic) bond motifs is 2. The second kappa shape index (κ2) is 6.68. The van der Waals surface area contributed by atoms with E-state index in [0.717, 1.165) is 0 Å². The topological polar surface area (TPSA) is 77.1 Å². The lowest BCUT2D eigenvalue weighted by Crippen LogP contribution is -2.44. The second-order valence-corrected chi connectivity index (χ2v) is 6.20. The molecule has 1 atom stereocenters. The first-order valence-electron chi connectivity index (χ1n) is 8.51. The van der Waals surface area contributed by atoms with Crippen molar-refractivity contribution in [1.82, 2.24) is 0 Å². The van der Waals surface area contributed by atoms with Gasteiger partial charge in [0, 0.05) is 17.8 Å². The normalized spacial score (nSPS) is 17.1. The Hall–Kier alpha value is -3.48. The first kappa shape index (κ1) is 17.0. The molecule has 138 valence electrons. The Bertz CT molecular complexity index is 940. The van der Waals surface area contributed by atoms with Gasteiger partial charge in [-0.1, -0.05) is 6.08 Å². The van der Waals surface area contributed by atoms with Gasteiger partial charge in [-0.2, -0.15) is 0 Å². The van der Waals surface area contributed by atoms with Crippen molar-refractivity contribution in [2.45, 2.75) is 13.0 Å². The lowest BCUT2D eigenvalue weighted by atomic mass is 10.1. The van der Waals surface area contributed by atoms with Crippen LogP contribution in [0, 0.1) is 0 Å². The number of ether oxygens (including phenoxy) is 3. The summed E-state index contributed by atoms with van der Waals surface area (Å²) in [5, 5.41) is 2.83. The average Bonchev–Trinajstić information content (AvgIpc) is 3.13. The van der Waals surface area contributed by atoms with Crippen molar-refractivity contribution < 1.29 is 23.8 Å². The van der Waals surface area contributed by atoms with Gasteiger partial charge < -0.3 is 24.4 Å². The summed E-state index contributed by atoms with van der Waals surface area (Å²) < 4.78 is 16.2. The SMILES string of the molecule is C=CCN1C(=O)C(C)Oc2ccc(NC(=O)c3ccc4c(c3)OCO4)cc21. The van der Waals surface area contributed by atoms with Crippen molar-refractivity contribution in [3.63, 3.8) is 0 Å². The zero-order valence-electron chi connectivity index (χ0n) is 14.7. The quantitative estimate of drug-likeness (QED) is 0.842. The molecule has 0 aromatic heterocycles. The maximum atomic E-state index is 12.6. The number of nitrogens with one attached hydrogen (secondary N) is 1. The molecule has 2 aliphatic rings. The van der Waals surface area contributed by atoms with Gasteiger partial charge in [0.25, 0.3) is 11.8 Å². The van der Waals surface area contributed by atoms with E-state index in [1.807, 2.05) is 0 Å². The number of carbonyl (C=O) groups excluding carboxylic acids is 2. The summed E-state index contributed by atoms with van der Waals surface area (Å²) in [5.41, 5.74) is 1.60. The monoisotopic (exact) mass is 366 g/mol. The molecule has 7 nitrogen and oxygen atoms in total. The van der Waals surface area contributed by atoms with Crippen LogP contribution in [-0.2, 0) is 4.79 Å². The standard InChI is InChI=1S/C20H18N2O5/c1-3-8-22-15-10-14(5-7-16(15)27-12(2)20(22)24)21-19(23)13-4-6-17-18(9-13)26-11-25-17/h3-7,9-10,12H,1,8,11H2,2H3,(H,21,23). The van der Waals surface area contributed by atoms with Crippen LogP contribution >= 0.6 is 0 Å². The molecule has 1 unspecified atom stereocenters. The van der Waals surface area contributed by atoms with E-state index in [1.54, 1.807) is 54.3 Å². The summed E-state index contributed by atoms with van der Waals surface area (Å²) in [6.07, 6.45) is 1.09. The molecule has 4 rings (SSSR count). The van der Waals surface area contributed by atoms with E-state index < -0.39 is 6.10 Å². The van der Waals surface area contributed by atoms with Gasteiger partial charge in [0.15, 0.2) is 17.6 Å². The molecule has 2 aromatic carbocycles. The van der Waals surface area contributed by atoms with Crippen LogP contribution in [-0.4, -0.2) is 31.3 Å². The van der Waals surface area contributed by atoms with Crippen molar-refractivity contribution in [3.05, 3.63) is 54.6 Å². The molecule has 27 heavy (non-hydrogen) atoms. The molecule has 2 aromatic rings. The highest BCUT2D eigenvalue weighted by Gasteiger charge is 2.31. The van der Waals surface area contributed by atoms with Gasteiger partial charge in [-0.15, -0.1) is 6.58 Å². The molecule has 0 spiro atoms. The number of anilines is 2. The summed E-state index contributed by atoms with van der Waals surface area (Å²) in [5.74, 6) is 1.30. The van der Waals surface area contributed by atoms with Gasteiger partial charge >= 0.3 is 0 Å². The van der Waals surface area contributed by atoms with Crippen LogP contribution in [0.5, 0.6) is 17.2 Å². The highest BCUT2D eigenvalue weighted by Crippen LogP contribution is 2.37. The van der Waals surface area contributed by atoms with Gasteiger partial charge in [-0.3, -0.25) is 9.59 Å². The van der Waals surface area contributed by atoms with Crippen molar-refractivity contribution in [3.8, 4) is 17.2 Å². The second-order valence-electron chi connectivity index (χ2n) is 6.20. The third-order valence-electron chi connectivity index (χ3n) is 4.37. The third-order valence-corrected chi connectivity index (χ3v) is 4.37. The fourth-order valence-corrected chi connectivity index (χ4v) is 3.04. The first-order chi connectivity index (χ1) is 13.1. The number of benzene rings is 2. The minimum Gasteiger partial charge on any atom is -0.479 e. The molecule has 0 bridgehead atoms. The van der Waals surface area contributed by atoms with Crippen molar-refractivity contribution in [2.24, 2.45) is 0 Å². The van der Waals surface area contributed by atoms with Gasteiger partial charge in [-0.25, -0.2) is 0 Å². The molecule has 2 amide bonds. The van der Waals surface area contributed by atoms with Crippen LogP contribution < -0.4 is 24.4 Å². The Balaban J connectivity index is 1.59. The molecule has 0 saturated heterocycles. The fraction of sp³-hybridized carbons (Fsp3) is 0.200. The number of nitrogens with zero attached hydrogens (tertiary/aromatic N) is 1. The first-order valence-corrected chi connectivity index (χ1v) is 8.51. The van der Waals surface area contributed by atoms with Crippen LogP contribution in [0.4, 0.5) is 11.4 Å². The lowest BCUT2D eigenvalue weighted by molar-refractivity contribution is -0.125. The van der Waals surface area contributed by atoms with E-state index in [1.165, 1.54) is 0 Å². The predicted octanol–water partition coefficient (Wildman–Crippen LogP) is 2.97. The molecule has 1 N–H and O–H groups in total. The van der Waals surface area contributed by atoms with Crippen LogP contribution in [0.25, 0.3) is 0 Å². The summed E-state index contributed by atoms with van der Waals surface area (Å²) in [6, 6.07) is 10.2. The number of hydrogen-bond donors (Lipinski definition) is 1.